The molecule has 0 saturated carbocycles. The zero-order chi connectivity index (χ0) is 27.2. The van der Waals surface area contributed by atoms with Gasteiger partial charge in [0, 0.05) is 62.7 Å². The molecule has 206 valence electrons. The lowest BCUT2D eigenvalue weighted by atomic mass is 10.2. The largest absolute Gasteiger partial charge is 0.387 e. The third-order valence-electron chi connectivity index (χ3n) is 2.95. The van der Waals surface area contributed by atoms with Gasteiger partial charge < -0.3 is 5.11 Å². The summed E-state index contributed by atoms with van der Waals surface area (Å²) < 4.78 is 0. The number of rotatable bonds is 3. The molecular weight excluding hydrogens is 680 g/mol. The van der Waals surface area contributed by atoms with Crippen LogP contribution in [0.1, 0.15) is 103 Å². The predicted molar refractivity (Wildman–Crippen MR) is 174 cm³/mol. The zero-order valence-corrected chi connectivity index (χ0v) is 25.8. The van der Waals surface area contributed by atoms with E-state index in [2.05, 4.69) is 52.2 Å². The summed E-state index contributed by atoms with van der Waals surface area (Å²) in [6.07, 6.45) is 5.13. The summed E-state index contributed by atoms with van der Waals surface area (Å²) in [7, 11) is 0. The Kier molecular flexibility index (Phi) is 53.2. The van der Waals surface area contributed by atoms with Crippen molar-refractivity contribution in [2.24, 2.45) is 0 Å². The highest BCUT2D eigenvalue weighted by Crippen LogP contribution is 2.05. The van der Waals surface area contributed by atoms with Gasteiger partial charge in [0.2, 0.25) is 0 Å². The normalized spacial score (nSPS) is 8.08. The summed E-state index contributed by atoms with van der Waals surface area (Å²) in [5.74, 6) is 0.00981. The van der Waals surface area contributed by atoms with Gasteiger partial charge in [-0.1, -0.05) is 74.6 Å². The van der Waals surface area contributed by atoms with Crippen molar-refractivity contribution in [2.75, 3.05) is 0 Å². The van der Waals surface area contributed by atoms with Gasteiger partial charge >= 0.3 is 0 Å². The Balaban J connectivity index is -0.0000000803. The number of halogens is 2. The van der Waals surface area contributed by atoms with Crippen molar-refractivity contribution < 1.29 is 14.7 Å². The molecule has 8 heteroatoms. The SMILES string of the molecule is C.C.CC.CC.CC.CC(=O)c1ccccn1.CC(O)c1ccccn1.II.O=Cc1ccccn1. The van der Waals surface area contributed by atoms with Gasteiger partial charge in [0.1, 0.15) is 11.4 Å². The number of aldehydes is 1. The van der Waals surface area contributed by atoms with Crippen molar-refractivity contribution in [1.82, 2.24) is 15.0 Å². The van der Waals surface area contributed by atoms with Crippen molar-refractivity contribution in [1.29, 1.82) is 0 Å². The van der Waals surface area contributed by atoms with E-state index in [-0.39, 0.29) is 20.6 Å². The molecule has 3 heterocycles. The van der Waals surface area contributed by atoms with E-state index in [0.29, 0.717) is 11.4 Å². The average molecular weight is 728 g/mol. The van der Waals surface area contributed by atoms with E-state index in [1.54, 1.807) is 68.0 Å². The molecule has 3 aromatic rings. The van der Waals surface area contributed by atoms with Gasteiger partial charge in [0.15, 0.2) is 12.1 Å². The van der Waals surface area contributed by atoms with E-state index in [1.165, 1.54) is 6.92 Å². The summed E-state index contributed by atoms with van der Waals surface area (Å²) >= 11 is 4.24. The Labute approximate surface area is 244 Å². The van der Waals surface area contributed by atoms with E-state index >= 15 is 0 Å². The Morgan fingerprint density at radius 3 is 1.39 bits per heavy atom. The maximum Gasteiger partial charge on any atom is 0.178 e. The molecule has 3 rings (SSSR count). The molecule has 0 aliphatic heterocycles. The van der Waals surface area contributed by atoms with Crippen molar-refractivity contribution in [3.8, 4) is 0 Å². The number of hydrogen-bond acceptors (Lipinski definition) is 6. The van der Waals surface area contributed by atoms with Crippen LogP contribution in [0.15, 0.2) is 73.2 Å². The highest BCUT2D eigenvalue weighted by atomic mass is 128. The van der Waals surface area contributed by atoms with Crippen molar-refractivity contribution >= 4 is 49.3 Å². The third-order valence-corrected chi connectivity index (χ3v) is 2.95. The molecule has 0 bridgehead atoms. The van der Waals surface area contributed by atoms with Gasteiger partial charge in [-0.2, -0.15) is 0 Å². The lowest BCUT2D eigenvalue weighted by Gasteiger charge is -1.99. The quantitative estimate of drug-likeness (QED) is 0.164. The van der Waals surface area contributed by atoms with Gasteiger partial charge in [0.25, 0.3) is 0 Å². The Morgan fingerprint density at radius 1 is 0.778 bits per heavy atom. The molecular formula is C28H47I2N3O3. The molecule has 0 fully saturated rings. The van der Waals surface area contributed by atoms with Crippen LogP contribution >= 0.6 is 37.2 Å². The molecule has 0 spiro atoms. The van der Waals surface area contributed by atoms with Crippen molar-refractivity contribution in [3.63, 3.8) is 0 Å². The minimum Gasteiger partial charge on any atom is -0.387 e. The monoisotopic (exact) mass is 727 g/mol. The third kappa shape index (κ3) is 30.2. The first-order valence-corrected chi connectivity index (χ1v) is 17.3. The van der Waals surface area contributed by atoms with Gasteiger partial charge in [0.05, 0.1) is 11.8 Å². The minimum absolute atomic E-state index is 0. The van der Waals surface area contributed by atoms with Crippen molar-refractivity contribution in [3.05, 3.63) is 90.3 Å². The molecule has 0 radical (unpaired) electrons. The van der Waals surface area contributed by atoms with E-state index in [9.17, 15) is 9.59 Å². The smallest absolute Gasteiger partial charge is 0.178 e. The fraction of sp³-hybridized carbons (Fsp3) is 0.393. The molecule has 1 atom stereocenters. The Bertz CT molecular complexity index is 778. The van der Waals surface area contributed by atoms with Crippen LogP contribution in [0.2, 0.25) is 0 Å². The molecule has 1 N–H and O–H groups in total. The van der Waals surface area contributed by atoms with E-state index < -0.39 is 6.10 Å². The molecule has 0 aliphatic carbocycles. The maximum atomic E-state index is 10.6. The summed E-state index contributed by atoms with van der Waals surface area (Å²) in [6, 6.07) is 16.0. The highest BCUT2D eigenvalue weighted by Gasteiger charge is 1.97. The van der Waals surface area contributed by atoms with E-state index in [1.807, 2.05) is 53.7 Å². The molecule has 1 unspecified atom stereocenters. The molecule has 3 aromatic heterocycles. The molecule has 0 aromatic carbocycles. The second-order valence-electron chi connectivity index (χ2n) is 5.07. The number of aromatic nitrogens is 3. The molecule has 0 amide bonds. The molecule has 36 heavy (non-hydrogen) atoms. The second-order valence-corrected chi connectivity index (χ2v) is 5.07. The second kappa shape index (κ2) is 40.4. The minimum atomic E-state index is -0.453. The number of Topliss-reactive ketones (excluding diaryl/α,β-unsaturated/α-hetero) is 1. The molecule has 6 nitrogen and oxygen atoms in total. The Hall–Kier alpha value is -1.79. The van der Waals surface area contributed by atoms with Gasteiger partial charge in [-0.3, -0.25) is 24.5 Å². The zero-order valence-electron chi connectivity index (χ0n) is 21.4. The number of nitrogens with zero attached hydrogens (tertiary/aromatic N) is 3. The van der Waals surface area contributed by atoms with Crippen LogP contribution < -0.4 is 0 Å². The van der Waals surface area contributed by atoms with Crippen LogP contribution in [0.3, 0.4) is 0 Å². The van der Waals surface area contributed by atoms with Crippen LogP contribution in [-0.4, -0.2) is 32.1 Å². The lowest BCUT2D eigenvalue weighted by molar-refractivity contribution is 0.101. The standard InChI is InChI=1S/C7H9NO.C7H7NO.C6H5NO.3C2H6.2CH4.I2/c2*1-6(9)7-4-2-3-5-8-7;8-5-6-3-1-2-4-7-6;3*1-2;;;1-2/h2-6,9H,1H3;2-5H,1H3;1-5H;3*1-2H3;2*1H4;. The van der Waals surface area contributed by atoms with Crippen LogP contribution in [0.25, 0.3) is 0 Å². The first kappa shape index (κ1) is 47.4. The van der Waals surface area contributed by atoms with E-state index in [0.717, 1.165) is 12.0 Å². The number of carbonyl (C=O) groups excluding carboxylic acids is 2. The van der Waals surface area contributed by atoms with Crippen LogP contribution in [0.4, 0.5) is 0 Å². The van der Waals surface area contributed by atoms with Crippen LogP contribution in [0.5, 0.6) is 0 Å². The Morgan fingerprint density at radius 2 is 1.19 bits per heavy atom. The van der Waals surface area contributed by atoms with Crippen molar-refractivity contribution in [2.45, 2.75) is 76.3 Å². The molecule has 0 saturated heterocycles. The number of pyridine rings is 3. The topological polar surface area (TPSA) is 93.0 Å². The van der Waals surface area contributed by atoms with Gasteiger partial charge in [-0.05, 0) is 43.3 Å². The first-order valence-electron chi connectivity index (χ1n) is 11.1. The predicted octanol–water partition coefficient (Wildman–Crippen LogP) is 9.44. The van der Waals surface area contributed by atoms with Gasteiger partial charge in [-0.15, -0.1) is 0 Å². The maximum absolute atomic E-state index is 10.6. The number of hydrogen-bond donors (Lipinski definition) is 1. The number of ketones is 1. The fourth-order valence-electron chi connectivity index (χ4n) is 1.64. The summed E-state index contributed by atoms with van der Waals surface area (Å²) in [4.78, 5) is 32.0. The van der Waals surface area contributed by atoms with Gasteiger partial charge in [-0.25, -0.2) is 0 Å². The number of carbonyl (C=O) groups is 2. The molecule has 0 aliphatic rings. The van der Waals surface area contributed by atoms with Crippen LogP contribution in [-0.2, 0) is 0 Å². The summed E-state index contributed by atoms with van der Waals surface area (Å²) in [5, 5.41) is 8.96. The first-order chi connectivity index (χ1) is 16.5. The number of aliphatic hydroxyl groups is 1. The summed E-state index contributed by atoms with van der Waals surface area (Å²) in [6.45, 7) is 15.2. The average Bonchev–Trinajstić information content (AvgIpc) is 2.95. The number of aliphatic hydroxyl groups excluding tert-OH is 1. The highest BCUT2D eigenvalue weighted by molar-refractivity contribution is 15.0. The summed E-state index contributed by atoms with van der Waals surface area (Å²) in [5.41, 5.74) is 1.72. The van der Waals surface area contributed by atoms with Crippen LogP contribution in [0, 0.1) is 0 Å². The van der Waals surface area contributed by atoms with E-state index in [4.69, 9.17) is 5.11 Å². The fourth-order valence-corrected chi connectivity index (χ4v) is 1.64. The lowest BCUT2D eigenvalue weighted by Crippen LogP contribution is -1.93.